The Kier molecular flexibility index (Phi) is 5.01. The maximum atomic E-state index is 13.0. The number of aromatic nitrogens is 4. The number of para-hydroxylation sites is 1. The van der Waals surface area contributed by atoms with Crippen LogP contribution in [0.4, 0.5) is 5.69 Å². The topological polar surface area (TPSA) is 101 Å². The van der Waals surface area contributed by atoms with Gasteiger partial charge < -0.3 is 10.6 Å². The molecule has 5 rings (SSSR count). The van der Waals surface area contributed by atoms with Gasteiger partial charge in [-0.3, -0.25) is 4.79 Å². The summed E-state index contributed by atoms with van der Waals surface area (Å²) in [6.07, 6.45) is 1.48. The zero-order valence-electron chi connectivity index (χ0n) is 16.9. The van der Waals surface area contributed by atoms with Crippen LogP contribution in [0, 0.1) is 0 Å². The predicted octanol–water partition coefficient (Wildman–Crippen LogP) is 3.34. The van der Waals surface area contributed by atoms with Gasteiger partial charge in [-0.15, -0.1) is 5.10 Å². The van der Waals surface area contributed by atoms with Crippen LogP contribution in [0.1, 0.15) is 17.5 Å². The number of fused-ring (bicyclic) bond motifs is 1. The summed E-state index contributed by atoms with van der Waals surface area (Å²) in [4.78, 5) is 14.8. The van der Waals surface area contributed by atoms with Crippen LogP contribution in [-0.2, 0) is 17.8 Å². The number of carbonyl (C=O) groups excluding carboxylic acids is 1. The number of aromatic amines is 1. The van der Waals surface area contributed by atoms with Gasteiger partial charge in [-0.25, -0.2) is 5.10 Å². The molecule has 31 heavy (non-hydrogen) atoms. The van der Waals surface area contributed by atoms with Gasteiger partial charge in [-0.05, 0) is 51.6 Å². The van der Waals surface area contributed by atoms with E-state index in [4.69, 9.17) is 5.73 Å². The van der Waals surface area contributed by atoms with Crippen molar-refractivity contribution in [2.45, 2.75) is 25.4 Å². The van der Waals surface area contributed by atoms with Crippen molar-refractivity contribution >= 4 is 11.6 Å². The highest BCUT2D eigenvalue weighted by atomic mass is 16.2. The van der Waals surface area contributed by atoms with E-state index < -0.39 is 6.04 Å². The lowest BCUT2D eigenvalue weighted by Crippen LogP contribution is -2.42. The fraction of sp³-hybridized carbons (Fsp3) is 0.167. The summed E-state index contributed by atoms with van der Waals surface area (Å²) < 4.78 is 0. The molecular formula is C24H22N6O. The molecule has 3 aromatic carbocycles. The molecule has 0 fully saturated rings. The van der Waals surface area contributed by atoms with E-state index in [-0.39, 0.29) is 5.91 Å². The molecule has 0 saturated carbocycles. The highest BCUT2D eigenvalue weighted by Gasteiger charge is 2.27. The molecular weight excluding hydrogens is 388 g/mol. The van der Waals surface area contributed by atoms with Gasteiger partial charge >= 0.3 is 0 Å². The molecule has 4 aromatic rings. The largest absolute Gasteiger partial charge is 0.320 e. The van der Waals surface area contributed by atoms with Crippen LogP contribution in [0.2, 0.25) is 0 Å². The van der Waals surface area contributed by atoms with E-state index in [1.807, 2.05) is 47.4 Å². The molecule has 1 aromatic heterocycles. The van der Waals surface area contributed by atoms with E-state index in [9.17, 15) is 4.79 Å². The van der Waals surface area contributed by atoms with Crippen molar-refractivity contribution in [2.75, 3.05) is 4.90 Å². The molecule has 1 aliphatic rings. The minimum atomic E-state index is -0.478. The van der Waals surface area contributed by atoms with Gasteiger partial charge in [0.05, 0.1) is 12.6 Å². The Bertz CT molecular complexity index is 1200. The van der Waals surface area contributed by atoms with E-state index in [2.05, 4.69) is 51.0 Å². The third-order valence-corrected chi connectivity index (χ3v) is 5.72. The molecule has 0 unspecified atom stereocenters. The highest BCUT2D eigenvalue weighted by molar-refractivity contribution is 5.98. The lowest BCUT2D eigenvalue weighted by molar-refractivity contribution is -0.120. The summed E-state index contributed by atoms with van der Waals surface area (Å²) in [7, 11) is 0. The number of hydrogen-bond donors (Lipinski definition) is 2. The average molecular weight is 410 g/mol. The Morgan fingerprint density at radius 3 is 2.48 bits per heavy atom. The molecule has 0 bridgehead atoms. The fourth-order valence-corrected chi connectivity index (χ4v) is 4.09. The smallest absolute Gasteiger partial charge is 0.244 e. The third kappa shape index (κ3) is 3.71. The summed E-state index contributed by atoms with van der Waals surface area (Å²) in [5, 5.41) is 14.2. The van der Waals surface area contributed by atoms with Crippen LogP contribution in [0.15, 0.2) is 72.8 Å². The van der Waals surface area contributed by atoms with E-state index in [1.54, 1.807) is 0 Å². The molecule has 3 N–H and O–H groups in total. The summed E-state index contributed by atoms with van der Waals surface area (Å²) >= 11 is 0. The summed E-state index contributed by atoms with van der Waals surface area (Å²) in [6.45, 7) is 0.484. The molecule has 1 atom stereocenters. The summed E-state index contributed by atoms with van der Waals surface area (Å²) in [5.74, 6) is 0.595. The highest BCUT2D eigenvalue weighted by Crippen LogP contribution is 2.31. The van der Waals surface area contributed by atoms with Crippen LogP contribution in [-0.4, -0.2) is 32.6 Å². The minimum Gasteiger partial charge on any atom is -0.320 e. The normalized spacial score (nSPS) is 16.1. The number of nitrogens with one attached hydrogen (secondary N) is 1. The number of nitrogens with zero attached hydrogens (tertiary/aromatic N) is 4. The molecule has 2 heterocycles. The van der Waals surface area contributed by atoms with E-state index in [0.717, 1.165) is 39.9 Å². The third-order valence-electron chi connectivity index (χ3n) is 5.72. The van der Waals surface area contributed by atoms with E-state index in [0.29, 0.717) is 18.8 Å². The molecule has 1 aliphatic heterocycles. The van der Waals surface area contributed by atoms with Crippen LogP contribution in [0.25, 0.3) is 22.5 Å². The quantitative estimate of drug-likeness (QED) is 0.537. The van der Waals surface area contributed by atoms with Gasteiger partial charge in [-0.2, -0.15) is 0 Å². The van der Waals surface area contributed by atoms with Crippen LogP contribution < -0.4 is 10.6 Å². The zero-order valence-corrected chi connectivity index (χ0v) is 16.9. The second-order valence-corrected chi connectivity index (χ2v) is 7.69. The first-order valence-electron chi connectivity index (χ1n) is 10.3. The number of tetrazole rings is 1. The summed E-state index contributed by atoms with van der Waals surface area (Å²) in [6, 6.07) is 23.8. The number of H-pyrrole nitrogens is 1. The van der Waals surface area contributed by atoms with Gasteiger partial charge in [-0.1, -0.05) is 66.7 Å². The van der Waals surface area contributed by atoms with Crippen LogP contribution in [0.5, 0.6) is 0 Å². The number of amides is 1. The molecule has 154 valence electrons. The van der Waals surface area contributed by atoms with Gasteiger partial charge in [0.25, 0.3) is 0 Å². The van der Waals surface area contributed by atoms with Gasteiger partial charge in [0, 0.05) is 11.3 Å². The van der Waals surface area contributed by atoms with E-state index in [1.165, 1.54) is 0 Å². The minimum absolute atomic E-state index is 0.0304. The first-order valence-corrected chi connectivity index (χ1v) is 10.3. The van der Waals surface area contributed by atoms with Crippen molar-refractivity contribution < 1.29 is 4.79 Å². The molecule has 7 heteroatoms. The van der Waals surface area contributed by atoms with E-state index >= 15 is 0 Å². The number of hydrogen-bond acceptors (Lipinski definition) is 5. The number of rotatable bonds is 4. The Hall–Kier alpha value is -3.84. The molecule has 1 amide bonds. The lowest BCUT2D eigenvalue weighted by Gasteiger charge is -2.25. The average Bonchev–Trinajstić information content (AvgIpc) is 3.33. The molecule has 0 spiro atoms. The summed E-state index contributed by atoms with van der Waals surface area (Å²) in [5.41, 5.74) is 12.3. The maximum absolute atomic E-state index is 13.0. The number of anilines is 1. The Labute approximate surface area is 179 Å². The number of nitrogens with two attached hydrogens (primary N) is 1. The van der Waals surface area contributed by atoms with Crippen LogP contribution >= 0.6 is 0 Å². The molecule has 7 nitrogen and oxygen atoms in total. The van der Waals surface area contributed by atoms with Crippen LogP contribution in [0.3, 0.4) is 0 Å². The molecule has 0 aliphatic carbocycles. The second kappa shape index (κ2) is 8.12. The number of benzene rings is 3. The van der Waals surface area contributed by atoms with Crippen molar-refractivity contribution in [1.82, 2.24) is 20.6 Å². The van der Waals surface area contributed by atoms with Crippen molar-refractivity contribution in [3.63, 3.8) is 0 Å². The van der Waals surface area contributed by atoms with Gasteiger partial charge in [0.1, 0.15) is 0 Å². The van der Waals surface area contributed by atoms with Crippen molar-refractivity contribution in [3.05, 3.63) is 83.9 Å². The van der Waals surface area contributed by atoms with Crippen molar-refractivity contribution in [3.8, 4) is 22.5 Å². The lowest BCUT2D eigenvalue weighted by atomic mass is 9.98. The first-order chi connectivity index (χ1) is 15.2. The van der Waals surface area contributed by atoms with Crippen molar-refractivity contribution in [2.24, 2.45) is 5.73 Å². The number of carbonyl (C=O) groups is 1. The SMILES string of the molecule is N[C@@H]1CCc2ccccc2N(Cc2ccc(-c3ccccc3-c3nnn[nH]3)cc2)C1=O. The van der Waals surface area contributed by atoms with Gasteiger partial charge in [0.15, 0.2) is 5.82 Å². The zero-order chi connectivity index (χ0) is 21.2. The Morgan fingerprint density at radius 2 is 1.71 bits per heavy atom. The Balaban J connectivity index is 1.45. The fourth-order valence-electron chi connectivity index (χ4n) is 4.09. The standard InChI is InChI=1S/C24H22N6O/c25-21-14-13-18-5-1-4-8-22(18)30(24(21)31)15-16-9-11-17(12-10-16)19-6-2-3-7-20(19)23-26-28-29-27-23/h1-12,21H,13-15,25H2,(H,26,27,28,29)/t21-/m1/s1. The van der Waals surface area contributed by atoms with Crippen molar-refractivity contribution in [1.29, 1.82) is 0 Å². The Morgan fingerprint density at radius 1 is 0.968 bits per heavy atom. The number of aryl methyl sites for hydroxylation is 1. The molecule has 0 saturated heterocycles. The predicted molar refractivity (Wildman–Crippen MR) is 119 cm³/mol. The molecule has 0 radical (unpaired) electrons. The maximum Gasteiger partial charge on any atom is 0.244 e. The first kappa shape index (κ1) is 19.1. The second-order valence-electron chi connectivity index (χ2n) is 7.69. The monoisotopic (exact) mass is 410 g/mol. The van der Waals surface area contributed by atoms with Gasteiger partial charge in [0.2, 0.25) is 5.91 Å².